The summed E-state index contributed by atoms with van der Waals surface area (Å²) < 4.78 is 52.3. The van der Waals surface area contributed by atoms with E-state index in [0.29, 0.717) is 16.6 Å². The third kappa shape index (κ3) is 4.10. The van der Waals surface area contributed by atoms with Crippen LogP contribution in [0.25, 0.3) is 22.0 Å². The number of aromatic nitrogens is 2. The average molecular weight is 402 g/mol. The predicted molar refractivity (Wildman–Crippen MR) is 101 cm³/mol. The lowest BCUT2D eigenvalue weighted by Crippen LogP contribution is -2.09. The van der Waals surface area contributed by atoms with Crippen molar-refractivity contribution in [3.05, 3.63) is 53.5 Å². The standard InChI is InChI=1S/C21H17F3N2O3/c1-26-12-25-11-19(26)15-7-14-10-18(21(22,23)24)13(5-4-6-28-2)8-16(14)17(9-15)20(27)29-3/h7-12H,6H2,1-3H3. The summed E-state index contributed by atoms with van der Waals surface area (Å²) in [4.78, 5) is 16.4. The Bertz CT molecular complexity index is 1140. The Morgan fingerprint density at radius 1 is 1.21 bits per heavy atom. The lowest BCUT2D eigenvalue weighted by atomic mass is 9.94. The Balaban J connectivity index is 2.35. The number of carbonyl (C=O) groups is 1. The molecule has 1 aromatic heterocycles. The lowest BCUT2D eigenvalue weighted by molar-refractivity contribution is -0.137. The summed E-state index contributed by atoms with van der Waals surface area (Å²) in [5.74, 6) is 4.36. The van der Waals surface area contributed by atoms with Gasteiger partial charge in [0.2, 0.25) is 0 Å². The number of methoxy groups -OCH3 is 2. The quantitative estimate of drug-likeness (QED) is 0.490. The van der Waals surface area contributed by atoms with Crippen molar-refractivity contribution in [2.45, 2.75) is 6.18 Å². The van der Waals surface area contributed by atoms with E-state index in [-0.39, 0.29) is 23.1 Å². The predicted octanol–water partition coefficient (Wildman–Crippen LogP) is 4.04. The molecule has 3 rings (SSSR count). The van der Waals surface area contributed by atoms with E-state index in [9.17, 15) is 18.0 Å². The number of benzene rings is 2. The number of nitrogens with zero attached hydrogens (tertiary/aromatic N) is 2. The van der Waals surface area contributed by atoms with Gasteiger partial charge in [0.05, 0.1) is 36.5 Å². The first-order valence-corrected chi connectivity index (χ1v) is 8.48. The molecule has 0 atom stereocenters. The molecule has 8 heteroatoms. The highest BCUT2D eigenvalue weighted by Crippen LogP contribution is 2.37. The summed E-state index contributed by atoms with van der Waals surface area (Å²) in [6, 6.07) is 5.42. The van der Waals surface area contributed by atoms with E-state index in [2.05, 4.69) is 16.8 Å². The van der Waals surface area contributed by atoms with E-state index < -0.39 is 17.7 Å². The molecular weight excluding hydrogens is 385 g/mol. The van der Waals surface area contributed by atoms with Crippen LogP contribution in [0.1, 0.15) is 21.5 Å². The molecule has 150 valence electrons. The highest BCUT2D eigenvalue weighted by molar-refractivity contribution is 6.07. The fraction of sp³-hybridized carbons (Fsp3) is 0.238. The molecule has 0 radical (unpaired) electrons. The SMILES string of the molecule is COCC#Cc1cc2c(C(=O)OC)cc(-c3cncn3C)cc2cc1C(F)(F)F. The van der Waals surface area contributed by atoms with E-state index in [1.165, 1.54) is 20.3 Å². The van der Waals surface area contributed by atoms with Gasteiger partial charge in [-0.15, -0.1) is 0 Å². The number of aryl methyl sites for hydroxylation is 1. The van der Waals surface area contributed by atoms with Gasteiger partial charge >= 0.3 is 12.1 Å². The minimum atomic E-state index is -4.61. The Morgan fingerprint density at radius 3 is 2.55 bits per heavy atom. The number of carbonyl (C=O) groups excluding carboxylic acids is 1. The Hall–Kier alpha value is -3.31. The summed E-state index contributed by atoms with van der Waals surface area (Å²) in [7, 11) is 4.36. The van der Waals surface area contributed by atoms with Crippen LogP contribution in [-0.4, -0.2) is 36.3 Å². The van der Waals surface area contributed by atoms with Gasteiger partial charge in [-0.1, -0.05) is 11.8 Å². The normalized spacial score (nSPS) is 11.2. The minimum absolute atomic E-state index is 0.0153. The topological polar surface area (TPSA) is 53.4 Å². The van der Waals surface area contributed by atoms with E-state index >= 15 is 0 Å². The van der Waals surface area contributed by atoms with Crippen molar-refractivity contribution in [3.63, 3.8) is 0 Å². The number of rotatable bonds is 3. The molecule has 0 saturated heterocycles. The van der Waals surface area contributed by atoms with Crippen molar-refractivity contribution in [2.24, 2.45) is 7.05 Å². The van der Waals surface area contributed by atoms with Crippen LogP contribution in [0, 0.1) is 11.8 Å². The molecule has 5 nitrogen and oxygen atoms in total. The van der Waals surface area contributed by atoms with Gasteiger partial charge in [0, 0.05) is 25.3 Å². The van der Waals surface area contributed by atoms with Crippen LogP contribution >= 0.6 is 0 Å². The molecule has 0 unspecified atom stereocenters. The Morgan fingerprint density at radius 2 is 1.97 bits per heavy atom. The van der Waals surface area contributed by atoms with Gasteiger partial charge < -0.3 is 14.0 Å². The summed E-state index contributed by atoms with van der Waals surface area (Å²) >= 11 is 0. The molecule has 0 bridgehead atoms. The van der Waals surface area contributed by atoms with Crippen molar-refractivity contribution in [1.29, 1.82) is 0 Å². The van der Waals surface area contributed by atoms with Gasteiger partial charge in [-0.3, -0.25) is 0 Å². The van der Waals surface area contributed by atoms with Crippen LogP contribution in [0.15, 0.2) is 36.8 Å². The van der Waals surface area contributed by atoms with Gasteiger partial charge in [-0.25, -0.2) is 9.78 Å². The highest BCUT2D eigenvalue weighted by Gasteiger charge is 2.34. The van der Waals surface area contributed by atoms with E-state index in [1.807, 2.05) is 0 Å². The number of alkyl halides is 3. The second kappa shape index (κ2) is 7.97. The van der Waals surface area contributed by atoms with Crippen LogP contribution < -0.4 is 0 Å². The number of imidazole rings is 1. The van der Waals surface area contributed by atoms with Crippen molar-refractivity contribution in [1.82, 2.24) is 9.55 Å². The molecule has 0 saturated carbocycles. The number of fused-ring (bicyclic) bond motifs is 1. The molecule has 29 heavy (non-hydrogen) atoms. The van der Waals surface area contributed by atoms with Crippen LogP contribution in [0.5, 0.6) is 0 Å². The largest absolute Gasteiger partial charge is 0.465 e. The zero-order valence-corrected chi connectivity index (χ0v) is 15.9. The van der Waals surface area contributed by atoms with Crippen molar-refractivity contribution < 1.29 is 27.4 Å². The summed E-state index contributed by atoms with van der Waals surface area (Å²) in [6.45, 7) is -0.0153. The molecular formula is C21H17F3N2O3. The summed E-state index contributed by atoms with van der Waals surface area (Å²) in [6.07, 6.45) is -1.48. The maximum Gasteiger partial charge on any atom is 0.417 e. The lowest BCUT2D eigenvalue weighted by Gasteiger charge is -2.14. The molecule has 0 aliphatic carbocycles. The van der Waals surface area contributed by atoms with Crippen LogP contribution in [-0.2, 0) is 22.7 Å². The Labute approximate surface area is 165 Å². The second-order valence-electron chi connectivity index (χ2n) is 6.26. The summed E-state index contributed by atoms with van der Waals surface area (Å²) in [5, 5.41) is 0.561. The molecule has 0 amide bonds. The number of esters is 1. The molecule has 1 heterocycles. The van der Waals surface area contributed by atoms with Crippen LogP contribution in [0.4, 0.5) is 13.2 Å². The third-order valence-electron chi connectivity index (χ3n) is 4.35. The minimum Gasteiger partial charge on any atom is -0.465 e. The average Bonchev–Trinajstić information content (AvgIpc) is 3.11. The first-order valence-electron chi connectivity index (χ1n) is 8.48. The van der Waals surface area contributed by atoms with E-state index in [4.69, 9.17) is 9.47 Å². The zero-order chi connectivity index (χ0) is 21.2. The first-order chi connectivity index (χ1) is 13.8. The number of hydrogen-bond donors (Lipinski definition) is 0. The Kier molecular flexibility index (Phi) is 5.62. The van der Waals surface area contributed by atoms with Gasteiger partial charge in [0.1, 0.15) is 6.61 Å². The second-order valence-corrected chi connectivity index (χ2v) is 6.26. The van der Waals surface area contributed by atoms with Crippen molar-refractivity contribution in [2.75, 3.05) is 20.8 Å². The molecule has 0 spiro atoms. The van der Waals surface area contributed by atoms with Crippen molar-refractivity contribution in [3.8, 4) is 23.1 Å². The van der Waals surface area contributed by atoms with Crippen LogP contribution in [0.3, 0.4) is 0 Å². The van der Waals surface area contributed by atoms with E-state index in [1.54, 1.807) is 36.3 Å². The fourth-order valence-corrected chi connectivity index (χ4v) is 3.02. The fourth-order valence-electron chi connectivity index (χ4n) is 3.02. The van der Waals surface area contributed by atoms with Gasteiger partial charge in [0.25, 0.3) is 0 Å². The molecule has 0 aliphatic rings. The molecule has 3 aromatic rings. The smallest absolute Gasteiger partial charge is 0.417 e. The molecule has 0 fully saturated rings. The molecule has 2 aromatic carbocycles. The third-order valence-corrected chi connectivity index (χ3v) is 4.35. The highest BCUT2D eigenvalue weighted by atomic mass is 19.4. The van der Waals surface area contributed by atoms with E-state index in [0.717, 1.165) is 6.07 Å². The van der Waals surface area contributed by atoms with Gasteiger partial charge in [-0.05, 0) is 35.0 Å². The van der Waals surface area contributed by atoms with Crippen molar-refractivity contribution >= 4 is 16.7 Å². The molecule has 0 aliphatic heterocycles. The summed E-state index contributed by atoms with van der Waals surface area (Å²) in [5.41, 5.74) is 0.218. The maximum absolute atomic E-state index is 13.6. The monoisotopic (exact) mass is 402 g/mol. The van der Waals surface area contributed by atoms with Gasteiger partial charge in [-0.2, -0.15) is 13.2 Å². The maximum atomic E-state index is 13.6. The number of hydrogen-bond acceptors (Lipinski definition) is 4. The molecule has 0 N–H and O–H groups in total. The van der Waals surface area contributed by atoms with Crippen LogP contribution in [0.2, 0.25) is 0 Å². The number of halogens is 3. The first kappa shape index (κ1) is 20.4. The zero-order valence-electron chi connectivity index (χ0n) is 15.9. The number of ether oxygens (including phenoxy) is 2. The van der Waals surface area contributed by atoms with Gasteiger partial charge in [0.15, 0.2) is 0 Å².